The highest BCUT2D eigenvalue weighted by molar-refractivity contribution is 7.47. The van der Waals surface area contributed by atoms with Gasteiger partial charge in [-0.15, -0.1) is 0 Å². The number of carbonyl (C=O) groups is 3. The summed E-state index contributed by atoms with van der Waals surface area (Å²) in [5.41, 5.74) is 5.31. The third kappa shape index (κ3) is 37.1. The minimum Gasteiger partial charge on any atom is -0.480 e. The number of aliphatic hydroxyl groups excluding tert-OH is 2. The van der Waals surface area contributed by atoms with Gasteiger partial charge in [0.15, 0.2) is 6.10 Å². The molecule has 0 aromatic carbocycles. The number of allylic oxidation sites excluding steroid dienone is 17. The normalized spacial score (nSPS) is 15.8. The first-order valence-electron chi connectivity index (χ1n) is 21.1. The fraction of sp³-hybridized carbons (Fsp3) is 0.543. The Morgan fingerprint density at radius 3 is 1.50 bits per heavy atom. The molecule has 60 heavy (non-hydrogen) atoms. The number of phosphoric ester groups is 1. The Bertz CT molecular complexity index is 1460. The van der Waals surface area contributed by atoms with E-state index in [1.807, 2.05) is 24.3 Å². The molecule has 14 heteroatoms. The second-order valence-corrected chi connectivity index (χ2v) is 15.1. The number of carboxylic acid groups (broad SMARTS) is 1. The van der Waals surface area contributed by atoms with Crippen LogP contribution in [0.15, 0.2) is 109 Å². The number of rotatable bonds is 37. The molecule has 0 saturated heterocycles. The molecule has 5 atom stereocenters. The van der Waals surface area contributed by atoms with Crippen LogP contribution in [-0.4, -0.2) is 82.3 Å². The molecule has 0 aromatic rings. The van der Waals surface area contributed by atoms with E-state index in [0.29, 0.717) is 19.3 Å². The van der Waals surface area contributed by atoms with Crippen LogP contribution < -0.4 is 5.73 Å². The van der Waals surface area contributed by atoms with Crippen LogP contribution in [0.25, 0.3) is 0 Å². The fourth-order valence-corrected chi connectivity index (χ4v) is 5.61. The van der Waals surface area contributed by atoms with E-state index in [1.54, 1.807) is 6.08 Å². The van der Waals surface area contributed by atoms with Crippen LogP contribution in [0.2, 0.25) is 0 Å². The highest BCUT2D eigenvalue weighted by Crippen LogP contribution is 2.43. The Balaban J connectivity index is 4.75. The summed E-state index contributed by atoms with van der Waals surface area (Å²) in [6.45, 7) is 2.19. The zero-order chi connectivity index (χ0) is 44.5. The van der Waals surface area contributed by atoms with Crippen molar-refractivity contribution in [2.75, 3.05) is 19.8 Å². The SMILES string of the molecule is CC/C=C\C/C=C\C/C=C\C/C=C\C/C=C\CCCC(=O)OC[C@H](COP(=O)(O)OC[C@H](N)C(=O)O)OC(=O)CCC[C@@H](O)[C@H](O)C/C=C\C/C=C\C/C=C\C/C=C\CC. The Labute approximate surface area is 358 Å². The average Bonchev–Trinajstić information content (AvgIpc) is 3.22. The third-order valence-electron chi connectivity index (χ3n) is 8.22. The largest absolute Gasteiger partial charge is 0.480 e. The monoisotopic (exact) mass is 861 g/mol. The molecule has 0 spiro atoms. The molecule has 1 unspecified atom stereocenters. The van der Waals surface area contributed by atoms with Crippen molar-refractivity contribution in [3.05, 3.63) is 109 Å². The van der Waals surface area contributed by atoms with Gasteiger partial charge >= 0.3 is 25.7 Å². The molecule has 0 saturated carbocycles. The summed E-state index contributed by atoms with van der Waals surface area (Å²) in [7, 11) is -4.82. The van der Waals surface area contributed by atoms with Gasteiger partial charge in [0.2, 0.25) is 0 Å². The van der Waals surface area contributed by atoms with E-state index in [-0.39, 0.29) is 32.1 Å². The summed E-state index contributed by atoms with van der Waals surface area (Å²) in [6.07, 6.45) is 43.4. The van der Waals surface area contributed by atoms with E-state index in [2.05, 4.69) is 97.4 Å². The second kappa shape index (κ2) is 39.2. The van der Waals surface area contributed by atoms with Crippen LogP contribution >= 0.6 is 7.82 Å². The highest BCUT2D eigenvalue weighted by atomic mass is 31.2. The number of phosphoric acid groups is 1. The Morgan fingerprint density at radius 2 is 1.02 bits per heavy atom. The van der Waals surface area contributed by atoms with Crippen LogP contribution in [0.1, 0.15) is 117 Å². The minimum atomic E-state index is -4.82. The fourth-order valence-electron chi connectivity index (χ4n) is 4.83. The summed E-state index contributed by atoms with van der Waals surface area (Å²) < 4.78 is 32.4. The number of hydrogen-bond donors (Lipinski definition) is 5. The molecule has 0 aliphatic carbocycles. The van der Waals surface area contributed by atoms with E-state index < -0.39 is 69.9 Å². The molecule has 6 N–H and O–H groups in total. The van der Waals surface area contributed by atoms with Gasteiger partial charge in [-0.3, -0.25) is 23.4 Å². The van der Waals surface area contributed by atoms with Gasteiger partial charge in [-0.1, -0.05) is 123 Å². The van der Waals surface area contributed by atoms with Crippen LogP contribution in [0, 0.1) is 0 Å². The van der Waals surface area contributed by atoms with Crippen molar-refractivity contribution in [2.24, 2.45) is 5.73 Å². The van der Waals surface area contributed by atoms with Crippen molar-refractivity contribution in [2.45, 2.75) is 141 Å². The molecule has 338 valence electrons. The molecular weight excluding hydrogens is 789 g/mol. The average molecular weight is 862 g/mol. The van der Waals surface area contributed by atoms with Crippen molar-refractivity contribution in [1.82, 2.24) is 0 Å². The Hall–Kier alpha value is -3.94. The van der Waals surface area contributed by atoms with Crippen LogP contribution in [-0.2, 0) is 37.5 Å². The van der Waals surface area contributed by atoms with Gasteiger partial charge in [0.25, 0.3) is 0 Å². The molecule has 0 fully saturated rings. The predicted molar refractivity (Wildman–Crippen MR) is 238 cm³/mol. The number of carboxylic acids is 1. The van der Waals surface area contributed by atoms with Gasteiger partial charge in [-0.25, -0.2) is 4.57 Å². The Kier molecular flexibility index (Phi) is 36.6. The molecular formula is C46H72NO12P. The zero-order valence-electron chi connectivity index (χ0n) is 35.7. The first-order valence-corrected chi connectivity index (χ1v) is 22.6. The number of aliphatic carboxylic acids is 1. The smallest absolute Gasteiger partial charge is 0.472 e. The number of hydrogen-bond acceptors (Lipinski definition) is 11. The molecule has 0 bridgehead atoms. The van der Waals surface area contributed by atoms with Crippen LogP contribution in [0.3, 0.4) is 0 Å². The first-order chi connectivity index (χ1) is 28.9. The highest BCUT2D eigenvalue weighted by Gasteiger charge is 2.28. The second-order valence-electron chi connectivity index (χ2n) is 13.7. The molecule has 0 aromatic heterocycles. The number of ether oxygens (including phenoxy) is 2. The molecule has 13 nitrogen and oxygen atoms in total. The maximum atomic E-state index is 12.7. The standard InChI is InChI=1S/C46H72NO12P/c1-3-5-7-9-11-13-15-17-18-19-20-21-23-25-27-29-31-35-44(50)56-37-40(38-57-60(54,55)58-39-41(47)46(52)53)59-45(51)36-32-34-43(49)42(48)33-30-28-26-24-22-16-14-12-10-8-6-4-2/h5-8,11-14,17-18,20-22,24-25,27-28,30,40-43,48-49H,3-4,9-10,15-16,19,23,26,29,31-39,47H2,1-2H3,(H,52,53)(H,54,55)/b7-5-,8-6-,13-11-,14-12-,18-17-,21-20-,24-22-,27-25-,30-28-/t40-,41+,42-,43-/m1/s1. The maximum absolute atomic E-state index is 12.7. The lowest BCUT2D eigenvalue weighted by Gasteiger charge is -2.20. The maximum Gasteiger partial charge on any atom is 0.472 e. The van der Waals surface area contributed by atoms with Gasteiger partial charge in [-0.05, 0) is 89.9 Å². The first kappa shape index (κ1) is 56.1. The molecule has 0 aliphatic heterocycles. The van der Waals surface area contributed by atoms with Crippen molar-refractivity contribution >= 4 is 25.7 Å². The van der Waals surface area contributed by atoms with Crippen LogP contribution in [0.4, 0.5) is 0 Å². The molecule has 0 radical (unpaired) electrons. The summed E-state index contributed by atoms with van der Waals surface area (Å²) in [5.74, 6) is -2.80. The molecule has 0 rings (SSSR count). The third-order valence-corrected chi connectivity index (χ3v) is 9.17. The number of nitrogens with two attached hydrogens (primary N) is 1. The molecule has 0 heterocycles. The van der Waals surface area contributed by atoms with Crippen molar-refractivity contribution < 1.29 is 57.7 Å². The lowest BCUT2D eigenvalue weighted by molar-refractivity contribution is -0.161. The quantitative estimate of drug-likeness (QED) is 0.0171. The molecule has 0 aliphatic rings. The van der Waals surface area contributed by atoms with E-state index >= 15 is 0 Å². The number of unbranched alkanes of at least 4 members (excludes halogenated alkanes) is 1. The van der Waals surface area contributed by atoms with Crippen molar-refractivity contribution in [3.63, 3.8) is 0 Å². The Morgan fingerprint density at radius 1 is 0.583 bits per heavy atom. The van der Waals surface area contributed by atoms with Gasteiger partial charge in [0.05, 0.1) is 25.4 Å². The number of aliphatic hydroxyl groups is 2. The number of esters is 2. The lowest BCUT2D eigenvalue weighted by atomic mass is 10.0. The van der Waals surface area contributed by atoms with Gasteiger partial charge in [-0.2, -0.15) is 0 Å². The van der Waals surface area contributed by atoms with Crippen molar-refractivity contribution in [3.8, 4) is 0 Å². The van der Waals surface area contributed by atoms with Crippen LogP contribution in [0.5, 0.6) is 0 Å². The zero-order valence-corrected chi connectivity index (χ0v) is 36.6. The summed E-state index contributed by atoms with van der Waals surface area (Å²) >= 11 is 0. The van der Waals surface area contributed by atoms with E-state index in [9.17, 15) is 34.1 Å². The van der Waals surface area contributed by atoms with E-state index in [0.717, 1.165) is 51.4 Å². The van der Waals surface area contributed by atoms with Gasteiger partial charge < -0.3 is 35.4 Å². The van der Waals surface area contributed by atoms with Gasteiger partial charge in [0.1, 0.15) is 12.6 Å². The van der Waals surface area contributed by atoms with E-state index in [1.165, 1.54) is 0 Å². The topological polar surface area (TPSA) is 212 Å². The minimum absolute atomic E-state index is 0.0750. The van der Waals surface area contributed by atoms with Crippen molar-refractivity contribution in [1.29, 1.82) is 0 Å². The lowest BCUT2D eigenvalue weighted by Crippen LogP contribution is -2.34. The summed E-state index contributed by atoms with van der Waals surface area (Å²) in [6, 6.07) is -1.58. The summed E-state index contributed by atoms with van der Waals surface area (Å²) in [5, 5.41) is 29.6. The van der Waals surface area contributed by atoms with E-state index in [4.69, 9.17) is 24.8 Å². The number of carbonyl (C=O) groups excluding carboxylic acids is 2. The predicted octanol–water partition coefficient (Wildman–Crippen LogP) is 9.00. The summed E-state index contributed by atoms with van der Waals surface area (Å²) in [4.78, 5) is 46.0. The van der Waals surface area contributed by atoms with Gasteiger partial charge in [0, 0.05) is 12.8 Å². The molecule has 0 amide bonds.